The van der Waals surface area contributed by atoms with E-state index in [1.54, 1.807) is 23.2 Å². The minimum atomic E-state index is -2.97. The zero-order valence-corrected chi connectivity index (χ0v) is 11.6. The first-order valence-corrected chi connectivity index (χ1v) is 8.03. The number of pyridine rings is 1. The van der Waals surface area contributed by atoms with Crippen LogP contribution in [0.3, 0.4) is 0 Å². The van der Waals surface area contributed by atoms with Gasteiger partial charge in [-0.25, -0.2) is 13.4 Å². The van der Waals surface area contributed by atoms with Gasteiger partial charge in [0.1, 0.15) is 5.82 Å². The smallest absolute Gasteiger partial charge is 0.254 e. The Morgan fingerprint density at radius 1 is 1.42 bits per heavy atom. The molecule has 1 amide bonds. The van der Waals surface area contributed by atoms with Gasteiger partial charge < -0.3 is 10.2 Å². The Hall–Kier alpha value is -1.63. The molecule has 0 unspecified atom stereocenters. The van der Waals surface area contributed by atoms with E-state index in [-0.39, 0.29) is 30.5 Å². The third kappa shape index (κ3) is 3.44. The molecule has 0 aromatic carbocycles. The van der Waals surface area contributed by atoms with E-state index in [1.165, 1.54) is 0 Å². The molecule has 0 aliphatic carbocycles. The molecule has 1 fully saturated rings. The Balaban J connectivity index is 2.09. The highest BCUT2D eigenvalue weighted by molar-refractivity contribution is 7.91. The van der Waals surface area contributed by atoms with Crippen LogP contribution in [0.4, 0.5) is 5.82 Å². The van der Waals surface area contributed by atoms with E-state index in [0.717, 1.165) is 6.54 Å². The van der Waals surface area contributed by atoms with Crippen LogP contribution in [0.5, 0.6) is 0 Å². The number of carbonyl (C=O) groups is 1. The number of carbonyl (C=O) groups excluding carboxylic acids is 1. The molecule has 19 heavy (non-hydrogen) atoms. The highest BCUT2D eigenvalue weighted by Crippen LogP contribution is 2.12. The Morgan fingerprint density at radius 3 is 2.74 bits per heavy atom. The summed E-state index contributed by atoms with van der Waals surface area (Å²) in [6, 6.07) is 3.33. The third-order valence-corrected chi connectivity index (χ3v) is 4.61. The van der Waals surface area contributed by atoms with Gasteiger partial charge in [-0.2, -0.15) is 0 Å². The number of aromatic nitrogens is 1. The van der Waals surface area contributed by atoms with Crippen molar-refractivity contribution in [2.24, 2.45) is 0 Å². The first-order chi connectivity index (χ1) is 9.02. The van der Waals surface area contributed by atoms with Gasteiger partial charge in [-0.05, 0) is 19.1 Å². The van der Waals surface area contributed by atoms with Crippen molar-refractivity contribution in [3.63, 3.8) is 0 Å². The fraction of sp³-hybridized carbons (Fsp3) is 0.500. The van der Waals surface area contributed by atoms with Crippen LogP contribution in [0.2, 0.25) is 0 Å². The second kappa shape index (κ2) is 5.56. The number of hydrogen-bond donors (Lipinski definition) is 1. The van der Waals surface area contributed by atoms with Gasteiger partial charge >= 0.3 is 0 Å². The maximum Gasteiger partial charge on any atom is 0.254 e. The molecule has 1 saturated heterocycles. The van der Waals surface area contributed by atoms with Crippen molar-refractivity contribution >= 4 is 21.6 Å². The van der Waals surface area contributed by atoms with E-state index in [1.807, 2.05) is 6.92 Å². The second-order valence-corrected chi connectivity index (χ2v) is 6.71. The van der Waals surface area contributed by atoms with Crippen molar-refractivity contribution in [3.05, 3.63) is 23.9 Å². The summed E-state index contributed by atoms with van der Waals surface area (Å²) in [7, 11) is -2.97. The number of rotatable bonds is 3. The first kappa shape index (κ1) is 13.8. The number of sulfone groups is 1. The molecule has 0 radical (unpaired) electrons. The van der Waals surface area contributed by atoms with Gasteiger partial charge in [0.15, 0.2) is 9.84 Å². The number of nitrogens with one attached hydrogen (secondary N) is 1. The van der Waals surface area contributed by atoms with E-state index in [9.17, 15) is 13.2 Å². The normalized spacial score (nSPS) is 18.1. The van der Waals surface area contributed by atoms with Gasteiger partial charge in [0, 0.05) is 31.4 Å². The van der Waals surface area contributed by atoms with Gasteiger partial charge in [0.05, 0.1) is 11.5 Å². The maximum atomic E-state index is 12.2. The fourth-order valence-corrected chi connectivity index (χ4v) is 3.14. The average molecular weight is 283 g/mol. The van der Waals surface area contributed by atoms with Crippen LogP contribution in [-0.2, 0) is 9.84 Å². The van der Waals surface area contributed by atoms with Crippen molar-refractivity contribution in [1.29, 1.82) is 0 Å². The maximum absolute atomic E-state index is 12.2. The quantitative estimate of drug-likeness (QED) is 0.867. The van der Waals surface area contributed by atoms with Crippen molar-refractivity contribution in [3.8, 4) is 0 Å². The van der Waals surface area contributed by atoms with E-state index in [2.05, 4.69) is 10.3 Å². The van der Waals surface area contributed by atoms with E-state index >= 15 is 0 Å². The van der Waals surface area contributed by atoms with E-state index < -0.39 is 9.84 Å². The Morgan fingerprint density at radius 2 is 2.11 bits per heavy atom. The van der Waals surface area contributed by atoms with E-state index in [4.69, 9.17) is 0 Å². The molecule has 0 saturated carbocycles. The standard InChI is InChI=1S/C12H17N3O3S/c1-2-13-11-9-10(3-4-14-11)12(16)15-5-7-19(17,18)8-6-15/h3-4,9H,2,5-8H2,1H3,(H,13,14). The molecule has 104 valence electrons. The molecule has 7 heteroatoms. The zero-order chi connectivity index (χ0) is 13.9. The largest absolute Gasteiger partial charge is 0.370 e. The average Bonchev–Trinajstić information content (AvgIpc) is 2.39. The molecular formula is C12H17N3O3S. The third-order valence-electron chi connectivity index (χ3n) is 3.00. The SMILES string of the molecule is CCNc1cc(C(=O)N2CCS(=O)(=O)CC2)ccn1. The molecule has 1 aromatic rings. The predicted molar refractivity (Wildman–Crippen MR) is 73.0 cm³/mol. The minimum absolute atomic E-state index is 0.0455. The molecule has 6 nitrogen and oxygen atoms in total. The van der Waals surface area contributed by atoms with Crippen LogP contribution in [0.25, 0.3) is 0 Å². The van der Waals surface area contributed by atoms with Crippen LogP contribution in [0.1, 0.15) is 17.3 Å². The van der Waals surface area contributed by atoms with Crippen molar-refractivity contribution in [2.45, 2.75) is 6.92 Å². The zero-order valence-electron chi connectivity index (χ0n) is 10.8. The lowest BCUT2D eigenvalue weighted by molar-refractivity contribution is 0.0770. The highest BCUT2D eigenvalue weighted by atomic mass is 32.2. The van der Waals surface area contributed by atoms with Gasteiger partial charge in [-0.3, -0.25) is 4.79 Å². The molecular weight excluding hydrogens is 266 g/mol. The Labute approximate surface area is 112 Å². The monoisotopic (exact) mass is 283 g/mol. The number of nitrogens with zero attached hydrogens (tertiary/aromatic N) is 2. The van der Waals surface area contributed by atoms with Crippen molar-refractivity contribution in [1.82, 2.24) is 9.88 Å². The molecule has 1 aliphatic rings. The van der Waals surface area contributed by atoms with Gasteiger partial charge in [-0.15, -0.1) is 0 Å². The molecule has 1 N–H and O–H groups in total. The number of hydrogen-bond acceptors (Lipinski definition) is 5. The number of amides is 1. The lowest BCUT2D eigenvalue weighted by Crippen LogP contribution is -2.43. The fourth-order valence-electron chi connectivity index (χ4n) is 1.94. The summed E-state index contributed by atoms with van der Waals surface area (Å²) in [5.74, 6) is 0.600. The highest BCUT2D eigenvalue weighted by Gasteiger charge is 2.25. The molecule has 1 aliphatic heterocycles. The van der Waals surface area contributed by atoms with Crippen LogP contribution in [-0.4, -0.2) is 55.3 Å². The van der Waals surface area contributed by atoms with Crippen LogP contribution < -0.4 is 5.32 Å². The lowest BCUT2D eigenvalue weighted by Gasteiger charge is -2.26. The van der Waals surface area contributed by atoms with Crippen LogP contribution >= 0.6 is 0 Å². The summed E-state index contributed by atoms with van der Waals surface area (Å²) in [4.78, 5) is 17.9. The molecule has 2 rings (SSSR count). The van der Waals surface area contributed by atoms with Crippen molar-refractivity contribution in [2.75, 3.05) is 36.5 Å². The molecule has 0 bridgehead atoms. The first-order valence-electron chi connectivity index (χ1n) is 6.21. The van der Waals surface area contributed by atoms with E-state index in [0.29, 0.717) is 11.4 Å². The van der Waals surface area contributed by atoms with Gasteiger partial charge in [-0.1, -0.05) is 0 Å². The predicted octanol–water partition coefficient (Wildman–Crippen LogP) is 0.384. The lowest BCUT2D eigenvalue weighted by atomic mass is 10.2. The summed E-state index contributed by atoms with van der Waals surface area (Å²) >= 11 is 0. The molecule has 1 aromatic heterocycles. The molecule has 0 atom stereocenters. The second-order valence-electron chi connectivity index (χ2n) is 4.40. The van der Waals surface area contributed by atoms with Crippen LogP contribution in [0, 0.1) is 0 Å². The van der Waals surface area contributed by atoms with Crippen LogP contribution in [0.15, 0.2) is 18.3 Å². The summed E-state index contributed by atoms with van der Waals surface area (Å²) in [5.41, 5.74) is 0.533. The Bertz CT molecular complexity index is 557. The summed E-state index contributed by atoms with van der Waals surface area (Å²) in [6.07, 6.45) is 1.58. The summed E-state index contributed by atoms with van der Waals surface area (Å²) in [6.45, 7) is 3.21. The topological polar surface area (TPSA) is 79.4 Å². The van der Waals surface area contributed by atoms with Gasteiger partial charge in [0.25, 0.3) is 5.91 Å². The molecule has 0 spiro atoms. The summed E-state index contributed by atoms with van der Waals surface area (Å²) < 4.78 is 22.7. The Kier molecular flexibility index (Phi) is 4.04. The van der Waals surface area contributed by atoms with Gasteiger partial charge in [0.2, 0.25) is 0 Å². The summed E-state index contributed by atoms with van der Waals surface area (Å²) in [5, 5.41) is 3.04. The number of anilines is 1. The van der Waals surface area contributed by atoms with Crippen molar-refractivity contribution < 1.29 is 13.2 Å². The minimum Gasteiger partial charge on any atom is -0.370 e. The molecule has 2 heterocycles.